The number of nitrogen functional groups attached to an aromatic ring is 1. The third-order valence-corrected chi connectivity index (χ3v) is 8.22. The number of rotatable bonds is 22. The summed E-state index contributed by atoms with van der Waals surface area (Å²) < 4.78 is 18.5. The number of carbonyl (C=O) groups excluding carboxylic acids is 2. The van der Waals surface area contributed by atoms with Crippen LogP contribution in [0, 0.1) is 17.6 Å². The number of para-hydroxylation sites is 1. The normalized spacial score (nSPS) is 11.2. The number of hydrogen-bond donors (Lipinski definition) is 3. The van der Waals surface area contributed by atoms with Gasteiger partial charge in [-0.1, -0.05) is 42.5 Å². The molecule has 4 aromatic rings. The van der Waals surface area contributed by atoms with Gasteiger partial charge in [0.15, 0.2) is 5.82 Å². The number of anilines is 1. The van der Waals surface area contributed by atoms with E-state index in [-0.39, 0.29) is 11.8 Å². The molecule has 0 saturated carbocycles. The van der Waals surface area contributed by atoms with Gasteiger partial charge >= 0.3 is 0 Å². The molecule has 13 heteroatoms. The minimum atomic E-state index is -0.0812. The lowest BCUT2D eigenvalue weighted by Gasteiger charge is -2.11. The van der Waals surface area contributed by atoms with Gasteiger partial charge in [-0.2, -0.15) is 5.26 Å². The van der Waals surface area contributed by atoms with Gasteiger partial charge in [-0.15, -0.1) is 0 Å². The molecule has 0 atom stereocenters. The predicted molar refractivity (Wildman–Crippen MR) is 188 cm³/mol. The minimum Gasteiger partial charge on any atom is -0.382 e. The highest BCUT2D eigenvalue weighted by atomic mass is 32.2. The Morgan fingerprint density at radius 1 is 0.854 bits per heavy atom. The first-order valence-corrected chi connectivity index (χ1v) is 17.3. The van der Waals surface area contributed by atoms with E-state index in [0.29, 0.717) is 96.3 Å². The van der Waals surface area contributed by atoms with E-state index in [9.17, 15) is 9.59 Å². The molecule has 2 amide bonds. The van der Waals surface area contributed by atoms with Gasteiger partial charge in [-0.3, -0.25) is 9.59 Å². The van der Waals surface area contributed by atoms with Crippen LogP contribution in [0.15, 0.2) is 48.5 Å². The van der Waals surface area contributed by atoms with Gasteiger partial charge in [0, 0.05) is 56.8 Å². The van der Waals surface area contributed by atoms with Gasteiger partial charge in [0.1, 0.15) is 16.7 Å². The number of hydrogen-bond acceptors (Lipinski definition) is 10. The fourth-order valence-corrected chi connectivity index (χ4v) is 5.47. The monoisotopic (exact) mass is 675 g/mol. The lowest BCUT2D eigenvalue weighted by molar-refractivity contribution is -0.122. The Kier molecular flexibility index (Phi) is 15.4. The Labute approximate surface area is 285 Å². The second kappa shape index (κ2) is 20.2. The SMILES string of the molecule is Cc1nc2c(N)nc3ccccc3c2n1Cc1ccc(CNC(=O)CCCC(=O)NCCCOCCOCCOCCCSC#N)cc1. The Hall–Kier alpha value is -4.22. The zero-order chi connectivity index (χ0) is 34.0. The van der Waals surface area contributed by atoms with E-state index >= 15 is 0 Å². The van der Waals surface area contributed by atoms with Crippen molar-refractivity contribution in [1.82, 2.24) is 25.2 Å². The van der Waals surface area contributed by atoms with Gasteiger partial charge in [0.05, 0.1) is 37.5 Å². The third kappa shape index (κ3) is 11.8. The Morgan fingerprint density at radius 3 is 2.23 bits per heavy atom. The summed E-state index contributed by atoms with van der Waals surface area (Å²) >= 11 is 1.23. The number of aromatic nitrogens is 3. The molecular formula is C35H45N7O5S. The van der Waals surface area contributed by atoms with Gasteiger partial charge in [-0.05, 0) is 55.1 Å². The first-order valence-electron chi connectivity index (χ1n) is 16.3. The van der Waals surface area contributed by atoms with E-state index < -0.39 is 0 Å². The smallest absolute Gasteiger partial charge is 0.220 e. The summed E-state index contributed by atoms with van der Waals surface area (Å²) in [5.41, 5.74) is 10.9. The van der Waals surface area contributed by atoms with Crippen molar-refractivity contribution in [2.75, 3.05) is 57.7 Å². The van der Waals surface area contributed by atoms with E-state index in [1.54, 1.807) is 0 Å². The predicted octanol–water partition coefficient (Wildman–Crippen LogP) is 4.47. The molecule has 256 valence electrons. The Morgan fingerprint density at radius 2 is 1.50 bits per heavy atom. The fraction of sp³-hybridized carbons (Fsp3) is 0.457. The standard InChI is InChI=1S/C35H45N7O5S/c1-26-40-33-34(29-7-2-3-8-30(29)41-35(33)37)42(26)24-28-13-11-27(12-14-28)23-39-32(44)10-4-9-31(43)38-15-5-16-45-18-20-47-21-19-46-17-6-22-48-25-36/h2-3,7-8,11-14H,4-6,9-10,15-24H2,1H3,(H2,37,41)(H,38,43)(H,39,44). The number of pyridine rings is 1. The van der Waals surface area contributed by atoms with Crippen molar-refractivity contribution in [3.8, 4) is 5.40 Å². The number of benzene rings is 2. The highest BCUT2D eigenvalue weighted by Gasteiger charge is 2.15. The number of fused-ring (bicyclic) bond motifs is 3. The second-order valence-electron chi connectivity index (χ2n) is 11.2. The van der Waals surface area contributed by atoms with Crippen LogP contribution in [0.1, 0.15) is 49.1 Å². The maximum Gasteiger partial charge on any atom is 0.220 e. The van der Waals surface area contributed by atoms with Crippen molar-refractivity contribution >= 4 is 51.3 Å². The number of aryl methyl sites for hydroxylation is 1. The average molecular weight is 676 g/mol. The molecule has 0 spiro atoms. The highest BCUT2D eigenvalue weighted by Crippen LogP contribution is 2.29. The summed E-state index contributed by atoms with van der Waals surface area (Å²) in [6, 6.07) is 16.1. The molecule has 0 radical (unpaired) electrons. The molecule has 0 unspecified atom stereocenters. The van der Waals surface area contributed by atoms with Crippen LogP contribution in [0.2, 0.25) is 0 Å². The number of ether oxygens (including phenoxy) is 3. The van der Waals surface area contributed by atoms with Crippen LogP contribution < -0.4 is 16.4 Å². The van der Waals surface area contributed by atoms with Gasteiger partial charge < -0.3 is 35.1 Å². The zero-order valence-corrected chi connectivity index (χ0v) is 28.4. The molecule has 4 N–H and O–H groups in total. The summed E-state index contributed by atoms with van der Waals surface area (Å²) in [6.07, 6.45) is 2.63. The summed E-state index contributed by atoms with van der Waals surface area (Å²) in [5.74, 6) is 1.92. The zero-order valence-electron chi connectivity index (χ0n) is 27.5. The van der Waals surface area contributed by atoms with Crippen LogP contribution in [-0.4, -0.2) is 78.3 Å². The van der Waals surface area contributed by atoms with Crippen molar-refractivity contribution in [3.05, 3.63) is 65.5 Å². The lowest BCUT2D eigenvalue weighted by Crippen LogP contribution is -2.26. The quantitative estimate of drug-likeness (QED) is 0.0799. The number of carbonyl (C=O) groups is 2. The van der Waals surface area contributed by atoms with Crippen molar-refractivity contribution < 1.29 is 23.8 Å². The number of nitrogens with one attached hydrogen (secondary N) is 2. The number of thioether (sulfide) groups is 1. The first kappa shape index (κ1) is 36.6. The van der Waals surface area contributed by atoms with E-state index in [2.05, 4.69) is 32.3 Å². The number of amides is 2. The van der Waals surface area contributed by atoms with Gasteiger partial charge in [-0.25, -0.2) is 9.97 Å². The molecule has 48 heavy (non-hydrogen) atoms. The van der Waals surface area contributed by atoms with Gasteiger partial charge in [0.2, 0.25) is 11.8 Å². The molecule has 0 aliphatic heterocycles. The van der Waals surface area contributed by atoms with E-state index in [1.807, 2.05) is 48.7 Å². The number of nitriles is 1. The molecule has 0 saturated heterocycles. The molecule has 4 rings (SSSR count). The van der Waals surface area contributed by atoms with Crippen LogP contribution in [0.3, 0.4) is 0 Å². The van der Waals surface area contributed by atoms with Crippen molar-refractivity contribution in [2.24, 2.45) is 0 Å². The number of imidazole rings is 1. The largest absolute Gasteiger partial charge is 0.382 e. The van der Waals surface area contributed by atoms with Crippen LogP contribution in [0.5, 0.6) is 0 Å². The van der Waals surface area contributed by atoms with E-state index in [4.69, 9.17) is 30.2 Å². The van der Waals surface area contributed by atoms with Gasteiger partial charge in [0.25, 0.3) is 0 Å². The molecule has 0 aliphatic carbocycles. The highest BCUT2D eigenvalue weighted by molar-refractivity contribution is 8.03. The maximum absolute atomic E-state index is 12.4. The first-order chi connectivity index (χ1) is 23.5. The average Bonchev–Trinajstić information content (AvgIpc) is 3.42. The van der Waals surface area contributed by atoms with Crippen LogP contribution in [-0.2, 0) is 36.9 Å². The molecular weight excluding hydrogens is 630 g/mol. The second-order valence-corrected chi connectivity index (χ2v) is 12.1. The lowest BCUT2D eigenvalue weighted by atomic mass is 10.1. The van der Waals surface area contributed by atoms with Crippen molar-refractivity contribution in [2.45, 2.75) is 52.1 Å². The van der Waals surface area contributed by atoms with Crippen molar-refractivity contribution in [1.29, 1.82) is 5.26 Å². The Balaban J connectivity index is 1.04. The van der Waals surface area contributed by atoms with Crippen LogP contribution in [0.25, 0.3) is 21.9 Å². The summed E-state index contributed by atoms with van der Waals surface area (Å²) in [4.78, 5) is 33.7. The molecule has 2 aromatic heterocycles. The molecule has 2 aromatic carbocycles. The summed E-state index contributed by atoms with van der Waals surface area (Å²) in [6.45, 7) is 6.73. The van der Waals surface area contributed by atoms with Crippen LogP contribution >= 0.6 is 11.8 Å². The molecule has 0 bridgehead atoms. The molecule has 2 heterocycles. The number of nitrogens with zero attached hydrogens (tertiary/aromatic N) is 4. The number of nitrogens with two attached hydrogens (primary N) is 1. The third-order valence-electron chi connectivity index (χ3n) is 7.59. The molecule has 12 nitrogen and oxygen atoms in total. The van der Waals surface area contributed by atoms with E-state index in [1.165, 1.54) is 11.8 Å². The van der Waals surface area contributed by atoms with Crippen molar-refractivity contribution in [3.63, 3.8) is 0 Å². The molecule has 0 aliphatic rings. The van der Waals surface area contributed by atoms with E-state index in [0.717, 1.165) is 45.5 Å². The molecule has 0 fully saturated rings. The Bertz CT molecular complexity index is 1660. The maximum atomic E-state index is 12.4. The van der Waals surface area contributed by atoms with Crippen LogP contribution in [0.4, 0.5) is 5.82 Å². The topological polar surface area (TPSA) is 166 Å². The fourth-order valence-electron chi connectivity index (χ4n) is 5.12. The minimum absolute atomic E-state index is 0.0687. The summed E-state index contributed by atoms with van der Waals surface area (Å²) in [7, 11) is 0. The summed E-state index contributed by atoms with van der Waals surface area (Å²) in [5, 5.41) is 17.3. The number of thiocyanates is 1.